The quantitative estimate of drug-likeness (QED) is 0.580. The zero-order chi connectivity index (χ0) is 17.4. The molecule has 0 aliphatic rings. The van der Waals surface area contributed by atoms with Crippen molar-refractivity contribution in [3.63, 3.8) is 0 Å². The molecule has 1 N–H and O–H groups in total. The van der Waals surface area contributed by atoms with Crippen LogP contribution in [0.3, 0.4) is 0 Å². The van der Waals surface area contributed by atoms with Crippen LogP contribution in [0.1, 0.15) is 5.56 Å². The van der Waals surface area contributed by atoms with Crippen LogP contribution in [0.2, 0.25) is 0 Å². The minimum atomic E-state index is -0.383. The summed E-state index contributed by atoms with van der Waals surface area (Å²) in [5, 5.41) is 3.91. The van der Waals surface area contributed by atoms with E-state index in [0.717, 1.165) is 10.0 Å². The second-order valence-corrected chi connectivity index (χ2v) is 5.53. The normalized spacial score (nSPS) is 10.5. The van der Waals surface area contributed by atoms with E-state index in [2.05, 4.69) is 26.5 Å². The lowest BCUT2D eigenvalue weighted by molar-refractivity contribution is -0.123. The van der Waals surface area contributed by atoms with Crippen molar-refractivity contribution in [2.45, 2.75) is 0 Å². The number of benzene rings is 2. The van der Waals surface area contributed by atoms with Crippen LogP contribution in [0.25, 0.3) is 0 Å². The van der Waals surface area contributed by atoms with E-state index in [1.165, 1.54) is 13.3 Å². The van der Waals surface area contributed by atoms with E-state index in [4.69, 9.17) is 14.2 Å². The highest BCUT2D eigenvalue weighted by Gasteiger charge is 2.06. The standard InChI is InChI=1S/C17H17BrN2O4/c1-22-14-8-7-13(18)9-12(14)10-19-20-17(21)11-24-16-6-4-3-5-15(16)23-2/h3-10H,11H2,1-2H3,(H,20,21). The smallest absolute Gasteiger partial charge is 0.277 e. The van der Waals surface area contributed by atoms with Crippen LogP contribution in [0.5, 0.6) is 17.2 Å². The van der Waals surface area contributed by atoms with Crippen LogP contribution in [-0.2, 0) is 4.79 Å². The minimum Gasteiger partial charge on any atom is -0.496 e. The first kappa shape index (κ1) is 17.8. The summed E-state index contributed by atoms with van der Waals surface area (Å²) in [6.07, 6.45) is 1.50. The van der Waals surface area contributed by atoms with Gasteiger partial charge in [0.1, 0.15) is 5.75 Å². The molecule has 0 aliphatic heterocycles. The third-order valence-corrected chi connectivity index (χ3v) is 3.51. The Morgan fingerprint density at radius 2 is 1.83 bits per heavy atom. The number of rotatable bonds is 7. The molecule has 7 heteroatoms. The molecule has 0 saturated carbocycles. The molecule has 0 radical (unpaired) electrons. The summed E-state index contributed by atoms with van der Waals surface area (Å²) < 4.78 is 16.7. The van der Waals surface area contributed by atoms with Crippen LogP contribution in [-0.4, -0.2) is 32.9 Å². The van der Waals surface area contributed by atoms with Gasteiger partial charge in [-0.1, -0.05) is 28.1 Å². The van der Waals surface area contributed by atoms with Gasteiger partial charge in [-0.05, 0) is 30.3 Å². The number of amides is 1. The summed E-state index contributed by atoms with van der Waals surface area (Å²) in [7, 11) is 3.11. The highest BCUT2D eigenvalue weighted by Crippen LogP contribution is 2.25. The SMILES string of the molecule is COc1ccc(Br)cc1C=NNC(=O)COc1ccccc1OC. The number of halogens is 1. The summed E-state index contributed by atoms with van der Waals surface area (Å²) in [6, 6.07) is 12.6. The molecule has 6 nitrogen and oxygen atoms in total. The Balaban J connectivity index is 1.90. The first-order valence-corrected chi connectivity index (χ1v) is 7.84. The Kier molecular flexibility index (Phi) is 6.62. The molecule has 0 saturated heterocycles. The van der Waals surface area contributed by atoms with Crippen molar-refractivity contribution in [1.82, 2.24) is 5.43 Å². The fourth-order valence-corrected chi connectivity index (χ4v) is 2.27. The van der Waals surface area contributed by atoms with E-state index in [9.17, 15) is 4.79 Å². The Morgan fingerprint density at radius 3 is 2.54 bits per heavy atom. The predicted molar refractivity (Wildman–Crippen MR) is 94.9 cm³/mol. The number of nitrogens with one attached hydrogen (secondary N) is 1. The molecule has 2 rings (SSSR count). The van der Waals surface area contributed by atoms with E-state index in [0.29, 0.717) is 17.2 Å². The molecule has 1 amide bonds. The van der Waals surface area contributed by atoms with Crippen LogP contribution in [0, 0.1) is 0 Å². The van der Waals surface area contributed by atoms with Crippen molar-refractivity contribution < 1.29 is 19.0 Å². The molecule has 0 aliphatic carbocycles. The van der Waals surface area contributed by atoms with Crippen LogP contribution < -0.4 is 19.6 Å². The Morgan fingerprint density at radius 1 is 1.12 bits per heavy atom. The number of hydrogen-bond acceptors (Lipinski definition) is 5. The summed E-state index contributed by atoms with van der Waals surface area (Å²) in [6.45, 7) is -0.173. The first-order valence-electron chi connectivity index (χ1n) is 7.05. The van der Waals surface area contributed by atoms with Gasteiger partial charge in [0.25, 0.3) is 5.91 Å². The highest BCUT2D eigenvalue weighted by molar-refractivity contribution is 9.10. The monoisotopic (exact) mass is 392 g/mol. The number of ether oxygens (including phenoxy) is 3. The lowest BCUT2D eigenvalue weighted by Crippen LogP contribution is -2.24. The van der Waals surface area contributed by atoms with Crippen LogP contribution in [0.15, 0.2) is 52.0 Å². The van der Waals surface area contributed by atoms with Gasteiger partial charge in [-0.15, -0.1) is 0 Å². The Bertz CT molecular complexity index is 734. The van der Waals surface area contributed by atoms with Gasteiger partial charge in [0.05, 0.1) is 20.4 Å². The highest BCUT2D eigenvalue weighted by atomic mass is 79.9. The number of para-hydroxylation sites is 2. The molecule has 0 spiro atoms. The van der Waals surface area contributed by atoms with Gasteiger partial charge in [0, 0.05) is 10.0 Å². The minimum absolute atomic E-state index is 0.173. The number of methoxy groups -OCH3 is 2. The molecule has 24 heavy (non-hydrogen) atoms. The van der Waals surface area contributed by atoms with E-state index in [1.54, 1.807) is 31.4 Å². The van der Waals surface area contributed by atoms with E-state index in [1.807, 2.05) is 18.2 Å². The summed E-state index contributed by atoms with van der Waals surface area (Å²) in [4.78, 5) is 11.8. The molecule has 0 aromatic heterocycles. The molecule has 126 valence electrons. The van der Waals surface area contributed by atoms with Crippen molar-refractivity contribution in [1.29, 1.82) is 0 Å². The van der Waals surface area contributed by atoms with E-state index in [-0.39, 0.29) is 12.5 Å². The summed E-state index contributed by atoms with van der Waals surface area (Å²) >= 11 is 3.37. The van der Waals surface area contributed by atoms with Gasteiger partial charge in [-0.25, -0.2) is 5.43 Å². The number of hydrogen-bond donors (Lipinski definition) is 1. The second-order valence-electron chi connectivity index (χ2n) is 4.62. The molecular weight excluding hydrogens is 376 g/mol. The van der Waals surface area contributed by atoms with Crippen molar-refractivity contribution in [2.24, 2.45) is 5.10 Å². The van der Waals surface area contributed by atoms with Gasteiger partial charge in [0.15, 0.2) is 18.1 Å². The predicted octanol–water partition coefficient (Wildman–Crippen LogP) is 3.00. The second kappa shape index (κ2) is 8.93. The molecule has 0 fully saturated rings. The van der Waals surface area contributed by atoms with Crippen molar-refractivity contribution >= 4 is 28.1 Å². The first-order chi connectivity index (χ1) is 11.6. The maximum absolute atomic E-state index is 11.8. The number of carbonyl (C=O) groups is 1. The molecule has 0 bridgehead atoms. The average Bonchev–Trinajstić information content (AvgIpc) is 2.60. The fourth-order valence-electron chi connectivity index (χ4n) is 1.89. The van der Waals surface area contributed by atoms with Gasteiger partial charge in [0.2, 0.25) is 0 Å². The molecule has 2 aromatic carbocycles. The van der Waals surface area contributed by atoms with Crippen molar-refractivity contribution in [3.05, 3.63) is 52.5 Å². The maximum atomic E-state index is 11.8. The van der Waals surface area contributed by atoms with Crippen molar-refractivity contribution in [2.75, 3.05) is 20.8 Å². The zero-order valence-corrected chi connectivity index (χ0v) is 14.9. The Labute approximate surface area is 148 Å². The molecule has 0 atom stereocenters. The largest absolute Gasteiger partial charge is 0.496 e. The lowest BCUT2D eigenvalue weighted by Gasteiger charge is -2.09. The molecule has 0 unspecified atom stereocenters. The van der Waals surface area contributed by atoms with Crippen LogP contribution in [0.4, 0.5) is 0 Å². The molecular formula is C17H17BrN2O4. The topological polar surface area (TPSA) is 69.2 Å². The zero-order valence-electron chi connectivity index (χ0n) is 13.3. The third-order valence-electron chi connectivity index (χ3n) is 3.01. The van der Waals surface area contributed by atoms with Gasteiger partial charge in [-0.3, -0.25) is 4.79 Å². The lowest BCUT2D eigenvalue weighted by atomic mass is 10.2. The van der Waals surface area contributed by atoms with Gasteiger partial charge < -0.3 is 14.2 Å². The van der Waals surface area contributed by atoms with E-state index >= 15 is 0 Å². The van der Waals surface area contributed by atoms with Crippen molar-refractivity contribution in [3.8, 4) is 17.2 Å². The van der Waals surface area contributed by atoms with Gasteiger partial charge >= 0.3 is 0 Å². The number of hydrazone groups is 1. The van der Waals surface area contributed by atoms with Gasteiger partial charge in [-0.2, -0.15) is 5.10 Å². The maximum Gasteiger partial charge on any atom is 0.277 e. The average molecular weight is 393 g/mol. The fraction of sp³-hybridized carbons (Fsp3) is 0.176. The number of carbonyl (C=O) groups excluding carboxylic acids is 1. The van der Waals surface area contributed by atoms with Crippen LogP contribution >= 0.6 is 15.9 Å². The third kappa shape index (κ3) is 4.99. The number of nitrogens with zero attached hydrogens (tertiary/aromatic N) is 1. The Hall–Kier alpha value is -2.54. The summed E-state index contributed by atoms with van der Waals surface area (Å²) in [5.74, 6) is 1.33. The summed E-state index contributed by atoms with van der Waals surface area (Å²) in [5.41, 5.74) is 3.14. The molecule has 0 heterocycles. The van der Waals surface area contributed by atoms with E-state index < -0.39 is 0 Å². The molecule has 2 aromatic rings.